The maximum absolute atomic E-state index is 12.9. The monoisotopic (exact) mass is 353 g/mol. The van der Waals surface area contributed by atoms with E-state index in [0.29, 0.717) is 30.4 Å². The average molecular weight is 353 g/mol. The average Bonchev–Trinajstić information content (AvgIpc) is 3.25. The predicted octanol–water partition coefficient (Wildman–Crippen LogP) is 2.68. The zero-order chi connectivity index (χ0) is 18.4. The van der Waals surface area contributed by atoms with Crippen molar-refractivity contribution in [1.82, 2.24) is 14.8 Å². The van der Waals surface area contributed by atoms with Crippen LogP contribution in [0.15, 0.2) is 28.7 Å². The lowest BCUT2D eigenvalue weighted by Crippen LogP contribution is -2.61. The quantitative estimate of drug-likeness (QED) is 0.851. The number of fused-ring (bicyclic) bond motifs is 1. The second-order valence-electron chi connectivity index (χ2n) is 7.22. The Kier molecular flexibility index (Phi) is 4.05. The third-order valence-electron chi connectivity index (χ3n) is 5.44. The van der Waals surface area contributed by atoms with Crippen molar-refractivity contribution in [3.63, 3.8) is 0 Å². The maximum atomic E-state index is 12.9. The minimum atomic E-state index is -0.462. The van der Waals surface area contributed by atoms with Crippen molar-refractivity contribution in [3.8, 4) is 11.5 Å². The minimum Gasteiger partial charge on any atom is -0.441 e. The molecule has 6 nitrogen and oxygen atoms in total. The van der Waals surface area contributed by atoms with E-state index in [-0.39, 0.29) is 17.9 Å². The summed E-state index contributed by atoms with van der Waals surface area (Å²) in [5.41, 5.74) is 2.78. The van der Waals surface area contributed by atoms with Gasteiger partial charge < -0.3 is 14.2 Å². The molecular formula is C20H23N3O3. The summed E-state index contributed by atoms with van der Waals surface area (Å²) in [7, 11) is 0. The summed E-state index contributed by atoms with van der Waals surface area (Å²) in [6, 6.07) is 7.20. The highest BCUT2D eigenvalue weighted by Crippen LogP contribution is 2.29. The van der Waals surface area contributed by atoms with Crippen LogP contribution in [0.2, 0.25) is 0 Å². The molecule has 2 saturated heterocycles. The van der Waals surface area contributed by atoms with E-state index in [1.807, 2.05) is 38.1 Å². The lowest BCUT2D eigenvalue weighted by Gasteiger charge is -2.40. The minimum absolute atomic E-state index is 0.0221. The van der Waals surface area contributed by atoms with Gasteiger partial charge in [-0.25, -0.2) is 4.98 Å². The zero-order valence-corrected chi connectivity index (χ0v) is 15.4. The molecule has 0 unspecified atom stereocenters. The van der Waals surface area contributed by atoms with Crippen molar-refractivity contribution in [2.24, 2.45) is 0 Å². The van der Waals surface area contributed by atoms with E-state index in [1.54, 1.807) is 16.7 Å². The van der Waals surface area contributed by atoms with Gasteiger partial charge in [0.1, 0.15) is 23.5 Å². The first-order valence-corrected chi connectivity index (χ1v) is 9.10. The van der Waals surface area contributed by atoms with Gasteiger partial charge in [-0.05, 0) is 45.7 Å². The third-order valence-corrected chi connectivity index (χ3v) is 5.44. The Bertz CT molecular complexity index is 856. The molecule has 0 radical (unpaired) electrons. The first-order valence-electron chi connectivity index (χ1n) is 9.10. The number of piperazine rings is 1. The van der Waals surface area contributed by atoms with Crippen molar-refractivity contribution in [2.75, 3.05) is 6.54 Å². The second kappa shape index (κ2) is 6.27. The van der Waals surface area contributed by atoms with Crippen LogP contribution in [-0.2, 0) is 16.1 Å². The fourth-order valence-corrected chi connectivity index (χ4v) is 3.81. The summed E-state index contributed by atoms with van der Waals surface area (Å²) < 4.78 is 5.82. The topological polar surface area (TPSA) is 66.7 Å². The Labute approximate surface area is 152 Å². The van der Waals surface area contributed by atoms with Gasteiger partial charge in [0.15, 0.2) is 0 Å². The molecule has 0 aliphatic carbocycles. The molecule has 2 amide bonds. The van der Waals surface area contributed by atoms with Crippen LogP contribution >= 0.6 is 0 Å². The fraction of sp³-hybridized carbons (Fsp3) is 0.450. The van der Waals surface area contributed by atoms with Crippen LogP contribution < -0.4 is 0 Å². The molecular weight excluding hydrogens is 330 g/mol. The summed E-state index contributed by atoms with van der Waals surface area (Å²) in [6.07, 6.45) is 1.64. The standard InChI is InChI=1S/C20H23N3O3/c1-12-6-8-15(9-7-12)18-21-16(14(3)26-18)11-23-13(2)19(24)22-10-4-5-17(22)20(23)25/h6-9,13,17H,4-5,10-11H2,1-3H3/t13-,17-/m0/s1. The number of hydrogen-bond donors (Lipinski definition) is 0. The summed E-state index contributed by atoms with van der Waals surface area (Å²) in [5, 5.41) is 0. The number of oxazole rings is 1. The van der Waals surface area contributed by atoms with Crippen molar-refractivity contribution < 1.29 is 14.0 Å². The van der Waals surface area contributed by atoms with Crippen molar-refractivity contribution >= 4 is 11.8 Å². The highest BCUT2D eigenvalue weighted by atomic mass is 16.4. The Morgan fingerprint density at radius 2 is 1.88 bits per heavy atom. The third kappa shape index (κ3) is 2.69. The molecule has 1 aromatic carbocycles. The van der Waals surface area contributed by atoms with Gasteiger partial charge in [0.2, 0.25) is 17.7 Å². The second-order valence-corrected chi connectivity index (χ2v) is 7.22. The number of rotatable bonds is 3. The van der Waals surface area contributed by atoms with E-state index >= 15 is 0 Å². The number of amides is 2. The normalized spacial score (nSPS) is 22.9. The number of hydrogen-bond acceptors (Lipinski definition) is 4. The number of carbonyl (C=O) groups is 2. The smallest absolute Gasteiger partial charge is 0.246 e. The number of nitrogens with zero attached hydrogens (tertiary/aromatic N) is 3. The van der Waals surface area contributed by atoms with E-state index < -0.39 is 6.04 Å². The van der Waals surface area contributed by atoms with E-state index in [1.165, 1.54) is 5.56 Å². The fourth-order valence-electron chi connectivity index (χ4n) is 3.81. The highest BCUT2D eigenvalue weighted by Gasteiger charge is 2.46. The van der Waals surface area contributed by atoms with Crippen LogP contribution in [0, 0.1) is 13.8 Å². The van der Waals surface area contributed by atoms with E-state index in [4.69, 9.17) is 4.42 Å². The Morgan fingerprint density at radius 3 is 2.62 bits per heavy atom. The molecule has 0 N–H and O–H groups in total. The molecule has 0 bridgehead atoms. The number of aromatic nitrogens is 1. The summed E-state index contributed by atoms with van der Waals surface area (Å²) in [5.74, 6) is 1.28. The van der Waals surface area contributed by atoms with E-state index in [2.05, 4.69) is 4.98 Å². The first kappa shape index (κ1) is 16.8. The SMILES string of the molecule is Cc1ccc(-c2nc(CN3C(=O)[C@@H]4CCCN4C(=O)[C@@H]3C)c(C)o2)cc1. The van der Waals surface area contributed by atoms with Gasteiger partial charge in [0.05, 0.1) is 6.54 Å². The zero-order valence-electron chi connectivity index (χ0n) is 15.4. The molecule has 1 aromatic heterocycles. The lowest BCUT2D eigenvalue weighted by molar-refractivity contribution is -0.159. The van der Waals surface area contributed by atoms with Crippen molar-refractivity contribution in [2.45, 2.75) is 52.2 Å². The summed E-state index contributed by atoms with van der Waals surface area (Å²) >= 11 is 0. The van der Waals surface area contributed by atoms with Crippen LogP contribution in [-0.4, -0.2) is 45.2 Å². The molecule has 0 saturated carbocycles. The van der Waals surface area contributed by atoms with Gasteiger partial charge in [-0.1, -0.05) is 17.7 Å². The van der Waals surface area contributed by atoms with Gasteiger partial charge in [0.25, 0.3) is 0 Å². The molecule has 4 rings (SSSR count). The molecule has 26 heavy (non-hydrogen) atoms. The molecule has 2 aliphatic heterocycles. The summed E-state index contributed by atoms with van der Waals surface area (Å²) in [4.78, 5) is 33.4. The van der Waals surface area contributed by atoms with Gasteiger partial charge in [-0.2, -0.15) is 0 Å². The van der Waals surface area contributed by atoms with Gasteiger partial charge >= 0.3 is 0 Å². The van der Waals surface area contributed by atoms with Gasteiger partial charge in [-0.3, -0.25) is 9.59 Å². The van der Waals surface area contributed by atoms with Crippen molar-refractivity contribution in [3.05, 3.63) is 41.3 Å². The molecule has 2 aliphatic rings. The molecule has 2 aromatic rings. The first-order chi connectivity index (χ1) is 12.5. The van der Waals surface area contributed by atoms with Gasteiger partial charge in [-0.15, -0.1) is 0 Å². The molecule has 3 heterocycles. The molecule has 136 valence electrons. The maximum Gasteiger partial charge on any atom is 0.246 e. The van der Waals surface area contributed by atoms with Gasteiger partial charge in [0, 0.05) is 12.1 Å². The Hall–Kier alpha value is -2.63. The number of carbonyl (C=O) groups excluding carboxylic acids is 2. The van der Waals surface area contributed by atoms with Crippen LogP contribution in [0.4, 0.5) is 0 Å². The number of benzene rings is 1. The van der Waals surface area contributed by atoms with E-state index in [0.717, 1.165) is 18.4 Å². The largest absolute Gasteiger partial charge is 0.441 e. The van der Waals surface area contributed by atoms with Crippen LogP contribution in [0.25, 0.3) is 11.5 Å². The summed E-state index contributed by atoms with van der Waals surface area (Å²) in [6.45, 7) is 6.67. The van der Waals surface area contributed by atoms with Crippen LogP contribution in [0.5, 0.6) is 0 Å². The molecule has 0 spiro atoms. The number of aryl methyl sites for hydroxylation is 2. The molecule has 2 fully saturated rings. The predicted molar refractivity (Wildman–Crippen MR) is 96.2 cm³/mol. The Morgan fingerprint density at radius 1 is 1.15 bits per heavy atom. The van der Waals surface area contributed by atoms with Crippen molar-refractivity contribution in [1.29, 1.82) is 0 Å². The highest BCUT2D eigenvalue weighted by molar-refractivity contribution is 5.97. The Balaban J connectivity index is 1.59. The van der Waals surface area contributed by atoms with Crippen LogP contribution in [0.1, 0.15) is 36.8 Å². The molecule has 6 heteroatoms. The molecule has 2 atom stereocenters. The van der Waals surface area contributed by atoms with Crippen LogP contribution in [0.3, 0.4) is 0 Å². The lowest BCUT2D eigenvalue weighted by atomic mass is 10.1. The van der Waals surface area contributed by atoms with E-state index in [9.17, 15) is 9.59 Å².